The molecule has 2 aliphatic rings. The van der Waals surface area contributed by atoms with Crippen molar-refractivity contribution in [1.82, 2.24) is 14.5 Å². The van der Waals surface area contributed by atoms with Crippen LogP contribution in [0.3, 0.4) is 0 Å². The van der Waals surface area contributed by atoms with E-state index in [2.05, 4.69) is 5.32 Å². The molecule has 8 nitrogen and oxygen atoms in total. The van der Waals surface area contributed by atoms with Crippen LogP contribution in [0.25, 0.3) is 0 Å². The monoisotopic (exact) mass is 628 g/mol. The number of amides is 2. The molecule has 1 saturated carbocycles. The van der Waals surface area contributed by atoms with Crippen LogP contribution in [0.1, 0.15) is 48.3 Å². The Morgan fingerprint density at radius 1 is 0.905 bits per heavy atom. The molecule has 0 radical (unpaired) electrons. The third kappa shape index (κ3) is 6.35. The first-order valence-corrected chi connectivity index (χ1v) is 16.3. The van der Waals surface area contributed by atoms with Crippen molar-refractivity contribution in [2.24, 2.45) is 11.7 Å². The first-order valence-electron chi connectivity index (χ1n) is 14.1. The summed E-state index contributed by atoms with van der Waals surface area (Å²) in [5.74, 6) is -1.19. The van der Waals surface area contributed by atoms with E-state index in [4.69, 9.17) is 28.9 Å². The van der Waals surface area contributed by atoms with Gasteiger partial charge in [0.2, 0.25) is 15.9 Å². The van der Waals surface area contributed by atoms with E-state index in [0.717, 1.165) is 46.7 Å². The molecule has 5 rings (SSSR count). The number of benzene rings is 3. The highest BCUT2D eigenvalue weighted by atomic mass is 35.5. The molecule has 0 aromatic heterocycles. The maximum absolute atomic E-state index is 14.4. The molecule has 2 fully saturated rings. The molecular formula is C31H34Cl2N4O4S. The predicted octanol–water partition coefficient (Wildman–Crippen LogP) is 4.90. The summed E-state index contributed by atoms with van der Waals surface area (Å²) in [6, 6.07) is 21.1. The molecule has 3 aromatic carbocycles. The van der Waals surface area contributed by atoms with Crippen LogP contribution in [0, 0.1) is 5.92 Å². The quantitative estimate of drug-likeness (QED) is 0.350. The Labute approximate surface area is 256 Å². The van der Waals surface area contributed by atoms with Crippen LogP contribution in [-0.2, 0) is 32.7 Å². The number of nitrogens with one attached hydrogen (secondary N) is 1. The second-order valence-electron chi connectivity index (χ2n) is 10.8. The molecule has 0 bridgehead atoms. The lowest BCUT2D eigenvalue weighted by Gasteiger charge is -2.33. The number of hydrogen-bond acceptors (Lipinski definition) is 5. The van der Waals surface area contributed by atoms with Crippen molar-refractivity contribution in [3.63, 3.8) is 0 Å². The maximum atomic E-state index is 14.4. The Hall–Kier alpha value is -2.95. The van der Waals surface area contributed by atoms with Crippen LogP contribution < -0.4 is 11.1 Å². The summed E-state index contributed by atoms with van der Waals surface area (Å²) in [7, 11) is -4.22. The van der Waals surface area contributed by atoms with Crippen molar-refractivity contribution in [2.45, 2.75) is 55.8 Å². The molecular weight excluding hydrogens is 595 g/mol. The first-order chi connectivity index (χ1) is 20.2. The molecule has 1 saturated heterocycles. The standard InChI is InChI=1S/C31H34Cl2N4O4S/c32-26-14-13-25(18-27(26)33)42(40,41)37-16-15-36(30(37)29(38)35-20-22-8-6-7-21(17-22)19-34)31(39)28(24-11-4-5-12-24)23-9-2-1-3-10-23/h1-3,6-10,13-14,17-18,24,28,30H,4-5,11-12,15-16,19-20,34H2,(H,35,38). The molecule has 42 heavy (non-hydrogen) atoms. The zero-order chi connectivity index (χ0) is 29.9. The van der Waals surface area contributed by atoms with Gasteiger partial charge in [-0.3, -0.25) is 9.59 Å². The predicted molar refractivity (Wildman–Crippen MR) is 163 cm³/mol. The third-order valence-corrected chi connectivity index (χ3v) is 10.7. The van der Waals surface area contributed by atoms with Crippen molar-refractivity contribution >= 4 is 45.0 Å². The van der Waals surface area contributed by atoms with E-state index in [-0.39, 0.29) is 46.4 Å². The SMILES string of the molecule is NCc1cccc(CNC(=O)C2N(C(=O)C(c3ccccc3)C3CCCC3)CCN2S(=O)(=O)c2ccc(Cl)c(Cl)c2)c1. The maximum Gasteiger partial charge on any atom is 0.259 e. The average molecular weight is 630 g/mol. The minimum absolute atomic E-state index is 0.0404. The fourth-order valence-corrected chi connectivity index (χ4v) is 7.96. The lowest BCUT2D eigenvalue weighted by Crippen LogP contribution is -2.54. The van der Waals surface area contributed by atoms with Gasteiger partial charge in [0.05, 0.1) is 20.9 Å². The number of halogens is 2. The van der Waals surface area contributed by atoms with Gasteiger partial charge >= 0.3 is 0 Å². The van der Waals surface area contributed by atoms with Crippen molar-refractivity contribution in [2.75, 3.05) is 13.1 Å². The molecule has 222 valence electrons. The van der Waals surface area contributed by atoms with Gasteiger partial charge in [0.1, 0.15) is 0 Å². The average Bonchev–Trinajstić information content (AvgIpc) is 3.69. The molecule has 2 atom stereocenters. The molecule has 1 aliphatic carbocycles. The number of sulfonamides is 1. The van der Waals surface area contributed by atoms with Gasteiger partial charge in [-0.1, -0.05) is 90.6 Å². The molecule has 2 amide bonds. The normalized spacial score (nSPS) is 18.7. The highest BCUT2D eigenvalue weighted by Crippen LogP contribution is 2.40. The van der Waals surface area contributed by atoms with Crippen LogP contribution in [-0.4, -0.2) is 48.7 Å². The largest absolute Gasteiger partial charge is 0.349 e. The topological polar surface area (TPSA) is 113 Å². The first kappa shape index (κ1) is 30.5. The van der Waals surface area contributed by atoms with Gasteiger partial charge in [-0.05, 0) is 53.6 Å². The van der Waals surface area contributed by atoms with Crippen molar-refractivity contribution in [3.05, 3.63) is 99.5 Å². The van der Waals surface area contributed by atoms with Crippen molar-refractivity contribution in [3.8, 4) is 0 Å². The lowest BCUT2D eigenvalue weighted by molar-refractivity contribution is -0.142. The zero-order valence-corrected chi connectivity index (χ0v) is 25.4. The summed E-state index contributed by atoms with van der Waals surface area (Å²) < 4.78 is 28.9. The Morgan fingerprint density at radius 3 is 2.31 bits per heavy atom. The summed E-state index contributed by atoms with van der Waals surface area (Å²) >= 11 is 12.2. The zero-order valence-electron chi connectivity index (χ0n) is 23.1. The third-order valence-electron chi connectivity index (χ3n) is 8.13. The summed E-state index contributed by atoms with van der Waals surface area (Å²) in [6.45, 7) is 0.540. The van der Waals surface area contributed by atoms with E-state index < -0.39 is 28.0 Å². The number of hydrogen-bond donors (Lipinski definition) is 2. The lowest BCUT2D eigenvalue weighted by atomic mass is 9.83. The molecule has 1 aliphatic heterocycles. The van der Waals surface area contributed by atoms with E-state index in [1.165, 1.54) is 23.1 Å². The fraction of sp³-hybridized carbons (Fsp3) is 0.355. The van der Waals surface area contributed by atoms with Crippen LogP contribution in [0.4, 0.5) is 0 Å². The number of nitrogens with two attached hydrogens (primary N) is 1. The molecule has 1 heterocycles. The minimum Gasteiger partial charge on any atom is -0.349 e. The van der Waals surface area contributed by atoms with E-state index >= 15 is 0 Å². The van der Waals surface area contributed by atoms with Gasteiger partial charge in [0.15, 0.2) is 6.17 Å². The number of rotatable bonds is 9. The highest BCUT2D eigenvalue weighted by Gasteiger charge is 2.49. The molecule has 0 spiro atoms. The molecule has 3 aromatic rings. The Morgan fingerprint density at radius 2 is 1.62 bits per heavy atom. The summed E-state index contributed by atoms with van der Waals surface area (Å²) in [4.78, 5) is 29.6. The van der Waals surface area contributed by atoms with E-state index in [1.54, 1.807) is 0 Å². The van der Waals surface area contributed by atoms with E-state index in [1.807, 2.05) is 54.6 Å². The van der Waals surface area contributed by atoms with Gasteiger partial charge in [0.25, 0.3) is 5.91 Å². The van der Waals surface area contributed by atoms with Crippen LogP contribution in [0.2, 0.25) is 10.0 Å². The highest BCUT2D eigenvalue weighted by molar-refractivity contribution is 7.89. The molecule has 3 N–H and O–H groups in total. The van der Waals surface area contributed by atoms with Gasteiger partial charge in [0, 0.05) is 26.2 Å². The minimum atomic E-state index is -4.22. The van der Waals surface area contributed by atoms with Crippen LogP contribution >= 0.6 is 23.2 Å². The molecule has 11 heteroatoms. The fourth-order valence-electron chi connectivity index (χ4n) is 6.03. The smallest absolute Gasteiger partial charge is 0.259 e. The van der Waals surface area contributed by atoms with Crippen LogP contribution in [0.5, 0.6) is 0 Å². The van der Waals surface area contributed by atoms with Gasteiger partial charge in [-0.2, -0.15) is 4.31 Å². The summed E-state index contributed by atoms with van der Waals surface area (Å²) in [5, 5.41) is 3.17. The van der Waals surface area contributed by atoms with Crippen LogP contribution in [0.15, 0.2) is 77.7 Å². The van der Waals surface area contributed by atoms with Gasteiger partial charge < -0.3 is 16.0 Å². The number of carbonyl (C=O) groups is 2. The molecule has 2 unspecified atom stereocenters. The van der Waals surface area contributed by atoms with Gasteiger partial charge in [-0.15, -0.1) is 0 Å². The van der Waals surface area contributed by atoms with E-state index in [0.29, 0.717) is 6.54 Å². The second-order valence-corrected chi connectivity index (χ2v) is 13.5. The number of nitrogens with zero attached hydrogens (tertiary/aromatic N) is 2. The van der Waals surface area contributed by atoms with Crippen molar-refractivity contribution < 1.29 is 18.0 Å². The second kappa shape index (κ2) is 13.1. The Bertz CT molecular complexity index is 1550. The van der Waals surface area contributed by atoms with Gasteiger partial charge in [-0.25, -0.2) is 8.42 Å². The van der Waals surface area contributed by atoms with E-state index in [9.17, 15) is 18.0 Å². The summed E-state index contributed by atoms with van der Waals surface area (Å²) in [6.07, 6.45) is 2.50. The Balaban J connectivity index is 1.50. The summed E-state index contributed by atoms with van der Waals surface area (Å²) in [5.41, 5.74) is 8.37. The Kier molecular flexibility index (Phi) is 9.54. The number of carbonyl (C=O) groups excluding carboxylic acids is 2. The van der Waals surface area contributed by atoms with Crippen molar-refractivity contribution in [1.29, 1.82) is 0 Å².